The summed E-state index contributed by atoms with van der Waals surface area (Å²) in [5.41, 5.74) is 2.80. The summed E-state index contributed by atoms with van der Waals surface area (Å²) in [4.78, 5) is 2.67. The van der Waals surface area contributed by atoms with Crippen LogP contribution in [-0.4, -0.2) is 49.8 Å². The monoisotopic (exact) mass is 308 g/mol. The summed E-state index contributed by atoms with van der Waals surface area (Å²) in [5, 5.41) is 3.63. The molecule has 2 saturated heterocycles. The fourth-order valence-corrected chi connectivity index (χ4v) is 4.06. The third kappa shape index (κ3) is 3.05. The maximum atomic E-state index is 5.70. The molecule has 0 radical (unpaired) electrons. The number of ether oxygens (including phenoxy) is 1. The van der Waals surface area contributed by atoms with Crippen LogP contribution in [0.5, 0.6) is 0 Å². The number of rotatable bonds is 3. The van der Waals surface area contributed by atoms with E-state index in [1.54, 1.807) is 0 Å². The van der Waals surface area contributed by atoms with E-state index in [1.165, 1.54) is 11.1 Å². The van der Waals surface area contributed by atoms with E-state index in [2.05, 4.69) is 70.9 Å². The van der Waals surface area contributed by atoms with Crippen LogP contribution in [0.15, 0.2) is 60.7 Å². The van der Waals surface area contributed by atoms with E-state index < -0.39 is 0 Å². The number of morpholine rings is 1. The molecule has 0 bridgehead atoms. The van der Waals surface area contributed by atoms with Gasteiger partial charge in [0, 0.05) is 37.6 Å². The van der Waals surface area contributed by atoms with Gasteiger partial charge in [0.2, 0.25) is 0 Å². The van der Waals surface area contributed by atoms with Crippen molar-refractivity contribution in [3.63, 3.8) is 0 Å². The predicted molar refractivity (Wildman–Crippen MR) is 92.7 cm³/mol. The lowest BCUT2D eigenvalue weighted by atomic mass is 9.82. The smallest absolute Gasteiger partial charge is 0.0635 e. The molecule has 3 heteroatoms. The Morgan fingerprint density at radius 1 is 0.913 bits per heavy atom. The molecule has 2 heterocycles. The van der Waals surface area contributed by atoms with Crippen molar-refractivity contribution in [3.05, 3.63) is 71.8 Å². The second-order valence-electron chi connectivity index (χ2n) is 6.49. The molecule has 0 unspecified atom stereocenters. The van der Waals surface area contributed by atoms with Crippen LogP contribution in [0, 0.1) is 0 Å². The van der Waals surface area contributed by atoms with Crippen LogP contribution in [0.25, 0.3) is 0 Å². The summed E-state index contributed by atoms with van der Waals surface area (Å²) in [6, 6.07) is 22.8. The van der Waals surface area contributed by atoms with Gasteiger partial charge in [-0.3, -0.25) is 4.90 Å². The summed E-state index contributed by atoms with van der Waals surface area (Å²) in [5.74, 6) is 0.394. The lowest BCUT2D eigenvalue weighted by Crippen LogP contribution is -2.63. The highest BCUT2D eigenvalue weighted by molar-refractivity contribution is 5.35. The largest absolute Gasteiger partial charge is 0.378 e. The standard InChI is InChI=1S/C20H24N2O/c1-3-7-16(8-4-1)20(17-9-5-2-6-10-17)19-14-21-13-18-15-23-12-11-22(18)19/h1-10,18-21H,11-15H2/t18-,19+/m1/s1. The molecule has 0 spiro atoms. The Morgan fingerprint density at radius 3 is 2.22 bits per heavy atom. The average molecular weight is 308 g/mol. The van der Waals surface area contributed by atoms with Crippen molar-refractivity contribution in [2.24, 2.45) is 0 Å². The molecular weight excluding hydrogens is 284 g/mol. The molecule has 2 aliphatic rings. The van der Waals surface area contributed by atoms with Crippen molar-refractivity contribution in [2.75, 3.05) is 32.8 Å². The number of hydrogen-bond acceptors (Lipinski definition) is 3. The van der Waals surface area contributed by atoms with Gasteiger partial charge in [-0.2, -0.15) is 0 Å². The molecule has 2 aromatic carbocycles. The summed E-state index contributed by atoms with van der Waals surface area (Å²) >= 11 is 0. The molecule has 2 atom stereocenters. The summed E-state index contributed by atoms with van der Waals surface area (Å²) in [6.45, 7) is 4.80. The van der Waals surface area contributed by atoms with E-state index >= 15 is 0 Å². The number of hydrogen-bond donors (Lipinski definition) is 1. The minimum Gasteiger partial charge on any atom is -0.378 e. The van der Waals surface area contributed by atoms with Gasteiger partial charge in [0.15, 0.2) is 0 Å². The van der Waals surface area contributed by atoms with E-state index in [0.717, 1.165) is 32.8 Å². The normalized spacial score (nSPS) is 25.3. The van der Waals surface area contributed by atoms with Gasteiger partial charge in [0.1, 0.15) is 0 Å². The topological polar surface area (TPSA) is 24.5 Å². The zero-order chi connectivity index (χ0) is 15.5. The maximum Gasteiger partial charge on any atom is 0.0635 e. The molecule has 0 aromatic heterocycles. The van der Waals surface area contributed by atoms with Crippen molar-refractivity contribution in [2.45, 2.75) is 18.0 Å². The number of piperazine rings is 1. The van der Waals surface area contributed by atoms with Crippen LogP contribution < -0.4 is 5.32 Å². The SMILES string of the molecule is c1ccc(C(c2ccccc2)[C@@H]2CNC[C@@H]3COCCN32)cc1. The Balaban J connectivity index is 1.72. The minimum absolute atomic E-state index is 0.394. The summed E-state index contributed by atoms with van der Waals surface area (Å²) in [7, 11) is 0. The Kier molecular flexibility index (Phi) is 4.42. The van der Waals surface area contributed by atoms with Gasteiger partial charge in [-0.05, 0) is 11.1 Å². The van der Waals surface area contributed by atoms with Gasteiger partial charge in [0.05, 0.1) is 13.2 Å². The van der Waals surface area contributed by atoms with Gasteiger partial charge in [0.25, 0.3) is 0 Å². The van der Waals surface area contributed by atoms with Crippen LogP contribution in [0.4, 0.5) is 0 Å². The van der Waals surface area contributed by atoms with Gasteiger partial charge in [-0.1, -0.05) is 60.7 Å². The fraction of sp³-hybridized carbons (Fsp3) is 0.400. The fourth-order valence-electron chi connectivity index (χ4n) is 4.06. The van der Waals surface area contributed by atoms with Gasteiger partial charge in [-0.15, -0.1) is 0 Å². The van der Waals surface area contributed by atoms with E-state index in [9.17, 15) is 0 Å². The molecule has 2 aromatic rings. The van der Waals surface area contributed by atoms with Crippen molar-refractivity contribution < 1.29 is 4.74 Å². The Bertz CT molecular complexity index is 575. The van der Waals surface area contributed by atoms with Crippen LogP contribution in [0.1, 0.15) is 17.0 Å². The first kappa shape index (κ1) is 14.9. The number of nitrogens with zero attached hydrogens (tertiary/aromatic N) is 1. The molecular formula is C20H24N2O. The van der Waals surface area contributed by atoms with Crippen molar-refractivity contribution >= 4 is 0 Å². The van der Waals surface area contributed by atoms with E-state index in [-0.39, 0.29) is 0 Å². The zero-order valence-corrected chi connectivity index (χ0v) is 13.4. The molecule has 2 aliphatic heterocycles. The van der Waals surface area contributed by atoms with Crippen molar-refractivity contribution in [3.8, 4) is 0 Å². The first-order chi connectivity index (χ1) is 11.4. The van der Waals surface area contributed by atoms with Gasteiger partial charge >= 0.3 is 0 Å². The second-order valence-corrected chi connectivity index (χ2v) is 6.49. The predicted octanol–water partition coefficient (Wildman–Crippen LogP) is 2.49. The van der Waals surface area contributed by atoms with E-state index in [1.807, 2.05) is 0 Å². The summed E-state index contributed by atoms with van der Waals surface area (Å²) in [6.07, 6.45) is 0. The first-order valence-electron chi connectivity index (χ1n) is 8.57. The summed E-state index contributed by atoms with van der Waals surface area (Å²) < 4.78 is 5.70. The highest BCUT2D eigenvalue weighted by Gasteiger charge is 2.38. The number of benzene rings is 2. The lowest BCUT2D eigenvalue weighted by molar-refractivity contribution is -0.0451. The van der Waals surface area contributed by atoms with Crippen LogP contribution in [0.3, 0.4) is 0 Å². The van der Waals surface area contributed by atoms with Crippen LogP contribution in [-0.2, 0) is 4.74 Å². The Morgan fingerprint density at radius 2 is 1.57 bits per heavy atom. The van der Waals surface area contributed by atoms with E-state index in [0.29, 0.717) is 18.0 Å². The molecule has 0 amide bonds. The van der Waals surface area contributed by atoms with Crippen molar-refractivity contribution in [1.29, 1.82) is 0 Å². The minimum atomic E-state index is 0.394. The number of fused-ring (bicyclic) bond motifs is 1. The average Bonchev–Trinajstić information content (AvgIpc) is 2.64. The lowest BCUT2D eigenvalue weighted by Gasteiger charge is -2.48. The van der Waals surface area contributed by atoms with Gasteiger partial charge in [-0.25, -0.2) is 0 Å². The van der Waals surface area contributed by atoms with E-state index in [4.69, 9.17) is 4.74 Å². The maximum absolute atomic E-state index is 5.70. The Labute approximate surface area is 138 Å². The Hall–Kier alpha value is -1.68. The third-order valence-electron chi connectivity index (χ3n) is 5.13. The second kappa shape index (κ2) is 6.83. The van der Waals surface area contributed by atoms with Crippen LogP contribution >= 0.6 is 0 Å². The molecule has 0 saturated carbocycles. The van der Waals surface area contributed by atoms with Crippen molar-refractivity contribution in [1.82, 2.24) is 10.2 Å². The molecule has 0 aliphatic carbocycles. The number of nitrogens with one attached hydrogen (secondary N) is 1. The molecule has 3 nitrogen and oxygen atoms in total. The molecule has 23 heavy (non-hydrogen) atoms. The van der Waals surface area contributed by atoms with Crippen LogP contribution in [0.2, 0.25) is 0 Å². The zero-order valence-electron chi connectivity index (χ0n) is 13.4. The highest BCUT2D eigenvalue weighted by atomic mass is 16.5. The highest BCUT2D eigenvalue weighted by Crippen LogP contribution is 2.33. The van der Waals surface area contributed by atoms with Gasteiger partial charge < -0.3 is 10.1 Å². The molecule has 120 valence electrons. The molecule has 1 N–H and O–H groups in total. The quantitative estimate of drug-likeness (QED) is 0.943. The third-order valence-corrected chi connectivity index (χ3v) is 5.13. The molecule has 2 fully saturated rings. The first-order valence-corrected chi connectivity index (χ1v) is 8.57. The molecule has 4 rings (SSSR count).